The highest BCUT2D eigenvalue weighted by Crippen LogP contribution is 2.27. The van der Waals surface area contributed by atoms with Crippen LogP contribution in [-0.4, -0.2) is 52.1 Å². The van der Waals surface area contributed by atoms with Gasteiger partial charge in [-0.3, -0.25) is 0 Å². The third kappa shape index (κ3) is 5.02. The van der Waals surface area contributed by atoms with Crippen LogP contribution >= 0.6 is 0 Å². The van der Waals surface area contributed by atoms with E-state index in [0.29, 0.717) is 37.3 Å². The van der Waals surface area contributed by atoms with Crippen LogP contribution < -0.4 is 15.0 Å². The summed E-state index contributed by atoms with van der Waals surface area (Å²) in [6.45, 7) is 3.24. The smallest absolute Gasteiger partial charge is 0.387 e. The van der Waals surface area contributed by atoms with Crippen LogP contribution in [-0.2, 0) is 4.74 Å². The maximum absolute atomic E-state index is 12.3. The first-order valence-corrected chi connectivity index (χ1v) is 9.74. The molecule has 0 spiro atoms. The van der Waals surface area contributed by atoms with Crippen molar-refractivity contribution in [1.29, 1.82) is 0 Å². The molecule has 0 aliphatic carbocycles. The quantitative estimate of drug-likeness (QED) is 0.633. The fourth-order valence-electron chi connectivity index (χ4n) is 3.32. The average molecular weight is 428 g/mol. The van der Waals surface area contributed by atoms with E-state index < -0.39 is 6.61 Å². The van der Waals surface area contributed by atoms with E-state index >= 15 is 0 Å². The van der Waals surface area contributed by atoms with Crippen molar-refractivity contribution >= 4 is 17.6 Å². The lowest BCUT2D eigenvalue weighted by Gasteiger charge is -2.42. The molecule has 0 unspecified atom stereocenters. The average Bonchev–Trinajstić information content (AvgIpc) is 2.74. The van der Waals surface area contributed by atoms with Gasteiger partial charge in [-0.05, 0) is 43.7 Å². The molecule has 0 amide bonds. The van der Waals surface area contributed by atoms with E-state index in [1.165, 1.54) is 12.1 Å². The van der Waals surface area contributed by atoms with E-state index in [0.717, 1.165) is 11.1 Å². The number of nitrogens with one attached hydrogen (secondary N) is 1. The second-order valence-corrected chi connectivity index (χ2v) is 7.62. The largest absolute Gasteiger partial charge is 0.435 e. The van der Waals surface area contributed by atoms with Gasteiger partial charge in [0.15, 0.2) is 5.82 Å². The number of alkyl halides is 2. The van der Waals surface area contributed by atoms with E-state index in [1.807, 2.05) is 0 Å². The Morgan fingerprint density at radius 2 is 1.94 bits per heavy atom. The second-order valence-electron chi connectivity index (χ2n) is 7.62. The van der Waals surface area contributed by atoms with Gasteiger partial charge in [-0.25, -0.2) is 4.98 Å². The molecule has 1 aliphatic rings. The van der Waals surface area contributed by atoms with Crippen LogP contribution in [0.5, 0.6) is 5.75 Å². The third-order valence-electron chi connectivity index (χ3n) is 4.85. The van der Waals surface area contributed by atoms with E-state index in [1.54, 1.807) is 36.7 Å². The highest BCUT2D eigenvalue weighted by molar-refractivity contribution is 5.67. The molecule has 1 N–H and O–H groups in total. The van der Waals surface area contributed by atoms with Crippen molar-refractivity contribution in [3.8, 4) is 16.9 Å². The van der Waals surface area contributed by atoms with E-state index in [2.05, 4.69) is 49.0 Å². The number of hydrogen-bond acceptors (Lipinski definition) is 8. The van der Waals surface area contributed by atoms with E-state index in [9.17, 15) is 8.78 Å². The van der Waals surface area contributed by atoms with Crippen molar-refractivity contribution in [3.63, 3.8) is 0 Å². The van der Waals surface area contributed by atoms with Gasteiger partial charge in [0, 0.05) is 18.3 Å². The molecule has 1 aliphatic heterocycles. The van der Waals surface area contributed by atoms with Gasteiger partial charge in [0.2, 0.25) is 5.95 Å². The van der Waals surface area contributed by atoms with Crippen LogP contribution in [0, 0.1) is 0 Å². The first kappa shape index (κ1) is 20.9. The highest BCUT2D eigenvalue weighted by Gasteiger charge is 2.32. The third-order valence-corrected chi connectivity index (χ3v) is 4.85. The summed E-state index contributed by atoms with van der Waals surface area (Å²) in [5.41, 5.74) is 1.35. The van der Waals surface area contributed by atoms with Crippen LogP contribution in [0.2, 0.25) is 0 Å². The highest BCUT2D eigenvalue weighted by atomic mass is 19.3. The van der Waals surface area contributed by atoms with Crippen molar-refractivity contribution in [2.45, 2.75) is 26.0 Å². The number of halogens is 2. The van der Waals surface area contributed by atoms with Crippen LogP contribution in [0.25, 0.3) is 11.1 Å². The summed E-state index contributed by atoms with van der Waals surface area (Å²) in [6.07, 6.45) is 3.28. The summed E-state index contributed by atoms with van der Waals surface area (Å²) in [4.78, 5) is 11.2. The Bertz CT molecular complexity index is 1030. The van der Waals surface area contributed by atoms with Gasteiger partial charge in [0.25, 0.3) is 0 Å². The van der Waals surface area contributed by atoms with Crippen molar-refractivity contribution in [2.24, 2.45) is 0 Å². The van der Waals surface area contributed by atoms with Crippen molar-refractivity contribution in [3.05, 3.63) is 48.8 Å². The summed E-state index contributed by atoms with van der Waals surface area (Å²) in [5, 5.41) is 11.3. The number of anilines is 3. The van der Waals surface area contributed by atoms with Gasteiger partial charge in [0.05, 0.1) is 24.9 Å². The predicted molar refractivity (Wildman–Crippen MR) is 112 cm³/mol. The van der Waals surface area contributed by atoms with Crippen LogP contribution in [0.1, 0.15) is 13.8 Å². The Morgan fingerprint density at radius 3 is 2.68 bits per heavy atom. The number of rotatable bonds is 6. The van der Waals surface area contributed by atoms with Crippen molar-refractivity contribution < 1.29 is 18.3 Å². The molecule has 3 heterocycles. The van der Waals surface area contributed by atoms with Crippen LogP contribution in [0.15, 0.2) is 48.8 Å². The molecule has 0 bridgehead atoms. The monoisotopic (exact) mass is 428 g/mol. The topological polar surface area (TPSA) is 85.3 Å². The Labute approximate surface area is 178 Å². The molecule has 0 radical (unpaired) electrons. The minimum atomic E-state index is -2.86. The molecular weight excluding hydrogens is 406 g/mol. The summed E-state index contributed by atoms with van der Waals surface area (Å²) in [6, 6.07) is 9.88. The summed E-state index contributed by atoms with van der Waals surface area (Å²) >= 11 is 0. The normalized spacial score (nSPS) is 15.7. The first-order chi connectivity index (χ1) is 14.9. The number of ether oxygens (including phenoxy) is 2. The molecule has 0 atom stereocenters. The standard InChI is InChI=1S/C21H22F2N6O2/c1-21(2)13-30-10-9-29(21)20-24-8-7-17(27-20)26-18-11-15(12-25-28-18)14-3-5-16(6-4-14)31-19(22)23/h3-8,11-12,19H,9-10,13H2,1-2H3,(H,24,26,27,28). The molecule has 0 saturated carbocycles. The zero-order chi connectivity index (χ0) is 21.8. The van der Waals surface area contributed by atoms with Crippen LogP contribution in [0.3, 0.4) is 0 Å². The Hall–Kier alpha value is -3.40. The van der Waals surface area contributed by atoms with Crippen molar-refractivity contribution in [2.75, 3.05) is 30.0 Å². The zero-order valence-corrected chi connectivity index (χ0v) is 17.1. The number of aromatic nitrogens is 4. The maximum Gasteiger partial charge on any atom is 0.387 e. The van der Waals surface area contributed by atoms with Gasteiger partial charge in [-0.2, -0.15) is 18.9 Å². The zero-order valence-electron chi connectivity index (χ0n) is 17.1. The summed E-state index contributed by atoms with van der Waals surface area (Å²) < 4.78 is 34.6. The van der Waals surface area contributed by atoms with Crippen molar-refractivity contribution in [1.82, 2.24) is 20.2 Å². The fourth-order valence-corrected chi connectivity index (χ4v) is 3.32. The Kier molecular flexibility index (Phi) is 5.90. The Morgan fingerprint density at radius 1 is 1.13 bits per heavy atom. The molecule has 1 aromatic carbocycles. The van der Waals surface area contributed by atoms with Crippen LogP contribution in [0.4, 0.5) is 26.4 Å². The van der Waals surface area contributed by atoms with Gasteiger partial charge >= 0.3 is 6.61 Å². The Balaban J connectivity index is 1.52. The van der Waals surface area contributed by atoms with Gasteiger partial charge < -0.3 is 19.7 Å². The molecule has 162 valence electrons. The molecule has 2 aromatic heterocycles. The van der Waals surface area contributed by atoms with Gasteiger partial charge in [-0.15, -0.1) is 5.10 Å². The number of morpholine rings is 1. The number of hydrogen-bond donors (Lipinski definition) is 1. The number of benzene rings is 1. The fraction of sp³-hybridized carbons (Fsp3) is 0.333. The molecule has 1 fully saturated rings. The van der Waals surface area contributed by atoms with E-state index in [-0.39, 0.29) is 11.3 Å². The molecule has 31 heavy (non-hydrogen) atoms. The molecule has 4 rings (SSSR count). The number of nitrogens with zero attached hydrogens (tertiary/aromatic N) is 5. The lowest BCUT2D eigenvalue weighted by atomic mass is 10.0. The molecular formula is C21H22F2N6O2. The lowest BCUT2D eigenvalue weighted by molar-refractivity contribution is -0.0498. The van der Waals surface area contributed by atoms with E-state index in [4.69, 9.17) is 4.74 Å². The summed E-state index contributed by atoms with van der Waals surface area (Å²) in [5.74, 6) is 1.78. The summed E-state index contributed by atoms with van der Waals surface area (Å²) in [7, 11) is 0. The molecule has 3 aromatic rings. The molecule has 10 heteroatoms. The predicted octanol–water partition coefficient (Wildman–Crippen LogP) is 3.89. The second kappa shape index (κ2) is 8.76. The minimum Gasteiger partial charge on any atom is -0.435 e. The SMILES string of the molecule is CC1(C)COCCN1c1nccc(Nc2cc(-c3ccc(OC(F)F)cc3)cnn2)n1. The minimum absolute atomic E-state index is 0.0960. The lowest BCUT2D eigenvalue weighted by Crippen LogP contribution is -2.53. The molecule has 1 saturated heterocycles. The first-order valence-electron chi connectivity index (χ1n) is 9.74. The molecule has 8 nitrogen and oxygen atoms in total. The maximum atomic E-state index is 12.3. The van der Waals surface area contributed by atoms with Gasteiger partial charge in [-0.1, -0.05) is 12.1 Å². The van der Waals surface area contributed by atoms with Gasteiger partial charge in [0.1, 0.15) is 11.6 Å².